The van der Waals surface area contributed by atoms with Gasteiger partial charge in [0.05, 0.1) is 0 Å². The van der Waals surface area contributed by atoms with Crippen molar-refractivity contribution >= 4 is 11.6 Å². The van der Waals surface area contributed by atoms with Gasteiger partial charge in [0.25, 0.3) is 0 Å². The lowest BCUT2D eigenvalue weighted by Gasteiger charge is -2.20. The van der Waals surface area contributed by atoms with Crippen LogP contribution in [-0.4, -0.2) is 18.6 Å². The second-order valence-electron chi connectivity index (χ2n) is 5.80. The van der Waals surface area contributed by atoms with Crippen LogP contribution in [0.4, 0.5) is 0 Å². The van der Waals surface area contributed by atoms with E-state index >= 15 is 0 Å². The van der Waals surface area contributed by atoms with Crippen LogP contribution in [0.25, 0.3) is 0 Å². The van der Waals surface area contributed by atoms with E-state index in [9.17, 15) is 0 Å². The first kappa shape index (κ1) is 15.5. The predicted octanol–water partition coefficient (Wildman–Crippen LogP) is 3.52. The summed E-state index contributed by atoms with van der Waals surface area (Å²) in [7, 11) is 0. The Bertz CT molecular complexity index is 369. The van der Waals surface area contributed by atoms with Crippen molar-refractivity contribution < 1.29 is 0 Å². The first-order valence-electron chi connectivity index (χ1n) is 6.59. The first-order chi connectivity index (χ1) is 8.38. The SMILES string of the molecule is Cc1ccc(CNCCCNC(C)(C)C)c(Cl)c1. The van der Waals surface area contributed by atoms with Crippen molar-refractivity contribution in [2.45, 2.75) is 46.2 Å². The molecule has 0 aliphatic rings. The number of halogens is 1. The minimum Gasteiger partial charge on any atom is -0.313 e. The van der Waals surface area contributed by atoms with Gasteiger partial charge in [0.2, 0.25) is 0 Å². The zero-order chi connectivity index (χ0) is 13.6. The molecule has 1 rings (SSSR count). The lowest BCUT2D eigenvalue weighted by molar-refractivity contribution is 0.418. The highest BCUT2D eigenvalue weighted by atomic mass is 35.5. The molecule has 18 heavy (non-hydrogen) atoms. The fourth-order valence-corrected chi connectivity index (χ4v) is 2.00. The lowest BCUT2D eigenvalue weighted by Crippen LogP contribution is -2.37. The van der Waals surface area contributed by atoms with Gasteiger partial charge in [-0.15, -0.1) is 0 Å². The summed E-state index contributed by atoms with van der Waals surface area (Å²) in [5.41, 5.74) is 2.59. The maximum atomic E-state index is 6.18. The Morgan fingerprint density at radius 3 is 2.50 bits per heavy atom. The summed E-state index contributed by atoms with van der Waals surface area (Å²) in [5.74, 6) is 0. The smallest absolute Gasteiger partial charge is 0.0453 e. The molecule has 0 heterocycles. The van der Waals surface area contributed by atoms with Crippen LogP contribution in [0.1, 0.15) is 38.3 Å². The van der Waals surface area contributed by atoms with Gasteiger partial charge >= 0.3 is 0 Å². The second kappa shape index (κ2) is 7.13. The molecule has 0 aliphatic carbocycles. The molecule has 0 saturated carbocycles. The van der Waals surface area contributed by atoms with Gasteiger partial charge < -0.3 is 10.6 Å². The van der Waals surface area contributed by atoms with Gasteiger partial charge in [0.15, 0.2) is 0 Å². The second-order valence-corrected chi connectivity index (χ2v) is 6.21. The molecule has 0 saturated heterocycles. The molecule has 2 nitrogen and oxygen atoms in total. The molecule has 0 aromatic heterocycles. The summed E-state index contributed by atoms with van der Waals surface area (Å²) in [4.78, 5) is 0. The van der Waals surface area contributed by atoms with E-state index in [-0.39, 0.29) is 5.54 Å². The molecule has 2 N–H and O–H groups in total. The van der Waals surface area contributed by atoms with Gasteiger partial charge in [-0.3, -0.25) is 0 Å². The average molecular weight is 269 g/mol. The number of aryl methyl sites for hydroxylation is 1. The highest BCUT2D eigenvalue weighted by molar-refractivity contribution is 6.31. The Morgan fingerprint density at radius 2 is 1.89 bits per heavy atom. The standard InChI is InChI=1S/C15H25ClN2/c1-12-6-7-13(14(16)10-12)11-17-8-5-9-18-15(2,3)4/h6-7,10,17-18H,5,8-9,11H2,1-4H3. The van der Waals surface area contributed by atoms with Gasteiger partial charge in [-0.1, -0.05) is 23.7 Å². The quantitative estimate of drug-likeness (QED) is 0.772. The normalized spacial score (nSPS) is 11.8. The predicted molar refractivity (Wildman–Crippen MR) is 80.3 cm³/mol. The Kier molecular flexibility index (Phi) is 6.13. The van der Waals surface area contributed by atoms with E-state index in [1.165, 1.54) is 11.1 Å². The largest absolute Gasteiger partial charge is 0.313 e. The Hall–Kier alpha value is -0.570. The zero-order valence-corrected chi connectivity index (χ0v) is 12.7. The summed E-state index contributed by atoms with van der Waals surface area (Å²) in [6.07, 6.45) is 1.13. The molecule has 3 heteroatoms. The van der Waals surface area contributed by atoms with Crippen molar-refractivity contribution in [3.05, 3.63) is 34.3 Å². The third-order valence-corrected chi connectivity index (χ3v) is 3.06. The molecule has 0 bridgehead atoms. The van der Waals surface area contributed by atoms with E-state index in [2.05, 4.69) is 50.5 Å². The van der Waals surface area contributed by atoms with E-state index in [1.54, 1.807) is 0 Å². The monoisotopic (exact) mass is 268 g/mol. The molecule has 0 radical (unpaired) electrons. The fourth-order valence-electron chi connectivity index (χ4n) is 1.70. The van der Waals surface area contributed by atoms with Gasteiger partial charge in [0.1, 0.15) is 0 Å². The third-order valence-electron chi connectivity index (χ3n) is 2.71. The molecule has 1 aromatic carbocycles. The lowest BCUT2D eigenvalue weighted by atomic mass is 10.1. The summed E-state index contributed by atoms with van der Waals surface area (Å²) >= 11 is 6.18. The van der Waals surface area contributed by atoms with Crippen molar-refractivity contribution in [1.29, 1.82) is 0 Å². The van der Waals surface area contributed by atoms with E-state index in [4.69, 9.17) is 11.6 Å². The Labute approximate surface area is 116 Å². The van der Waals surface area contributed by atoms with Gasteiger partial charge in [-0.05, 0) is 64.4 Å². The van der Waals surface area contributed by atoms with Gasteiger partial charge in [-0.2, -0.15) is 0 Å². The number of hydrogen-bond donors (Lipinski definition) is 2. The van der Waals surface area contributed by atoms with E-state index in [1.807, 2.05) is 6.07 Å². The summed E-state index contributed by atoms with van der Waals surface area (Å²) in [6, 6.07) is 6.21. The van der Waals surface area contributed by atoms with Crippen LogP contribution in [0.15, 0.2) is 18.2 Å². The maximum absolute atomic E-state index is 6.18. The van der Waals surface area contributed by atoms with Crippen LogP contribution in [-0.2, 0) is 6.54 Å². The molecular weight excluding hydrogens is 244 g/mol. The molecular formula is C15H25ClN2. The summed E-state index contributed by atoms with van der Waals surface area (Å²) in [5, 5.41) is 7.75. The van der Waals surface area contributed by atoms with E-state index in [0.717, 1.165) is 31.1 Å². The maximum Gasteiger partial charge on any atom is 0.0453 e. The van der Waals surface area contributed by atoms with Crippen LogP contribution in [0, 0.1) is 6.92 Å². The number of benzene rings is 1. The van der Waals surface area contributed by atoms with Crippen molar-refractivity contribution in [1.82, 2.24) is 10.6 Å². The van der Waals surface area contributed by atoms with Crippen LogP contribution >= 0.6 is 11.6 Å². The summed E-state index contributed by atoms with van der Waals surface area (Å²) < 4.78 is 0. The number of nitrogens with one attached hydrogen (secondary N) is 2. The van der Waals surface area contributed by atoms with Crippen LogP contribution in [0.3, 0.4) is 0 Å². The minimum absolute atomic E-state index is 0.209. The van der Waals surface area contributed by atoms with Crippen molar-refractivity contribution in [2.75, 3.05) is 13.1 Å². The van der Waals surface area contributed by atoms with Crippen molar-refractivity contribution in [2.24, 2.45) is 0 Å². The van der Waals surface area contributed by atoms with Crippen molar-refractivity contribution in [3.63, 3.8) is 0 Å². The fraction of sp³-hybridized carbons (Fsp3) is 0.600. The average Bonchev–Trinajstić information content (AvgIpc) is 2.24. The highest BCUT2D eigenvalue weighted by Gasteiger charge is 2.06. The third kappa shape index (κ3) is 6.39. The summed E-state index contributed by atoms with van der Waals surface area (Å²) in [6.45, 7) is 11.5. The topological polar surface area (TPSA) is 24.1 Å². The zero-order valence-electron chi connectivity index (χ0n) is 11.9. The van der Waals surface area contributed by atoms with E-state index in [0.29, 0.717) is 0 Å². The molecule has 102 valence electrons. The highest BCUT2D eigenvalue weighted by Crippen LogP contribution is 2.17. The molecule has 0 amide bonds. The van der Waals surface area contributed by atoms with E-state index < -0.39 is 0 Å². The Balaban J connectivity index is 2.18. The molecule has 0 spiro atoms. The molecule has 0 aliphatic heterocycles. The van der Waals surface area contributed by atoms with Crippen LogP contribution in [0.5, 0.6) is 0 Å². The molecule has 1 aromatic rings. The number of hydrogen-bond acceptors (Lipinski definition) is 2. The first-order valence-corrected chi connectivity index (χ1v) is 6.97. The Morgan fingerprint density at radius 1 is 1.17 bits per heavy atom. The van der Waals surface area contributed by atoms with Gasteiger partial charge in [-0.25, -0.2) is 0 Å². The van der Waals surface area contributed by atoms with Crippen molar-refractivity contribution in [3.8, 4) is 0 Å². The molecule has 0 fully saturated rings. The number of rotatable bonds is 6. The van der Waals surface area contributed by atoms with Crippen LogP contribution < -0.4 is 10.6 Å². The van der Waals surface area contributed by atoms with Crippen LogP contribution in [0.2, 0.25) is 5.02 Å². The molecule has 0 unspecified atom stereocenters. The van der Waals surface area contributed by atoms with Gasteiger partial charge in [0, 0.05) is 17.1 Å². The minimum atomic E-state index is 0.209. The molecule has 0 atom stereocenters.